The molecule has 106 valence electrons. The van der Waals surface area contributed by atoms with Gasteiger partial charge in [-0.25, -0.2) is 4.98 Å². The zero-order valence-electron chi connectivity index (χ0n) is 13.2. The maximum absolute atomic E-state index is 4.82. The van der Waals surface area contributed by atoms with E-state index in [0.717, 1.165) is 22.1 Å². The van der Waals surface area contributed by atoms with E-state index in [0.29, 0.717) is 18.5 Å². The van der Waals surface area contributed by atoms with Gasteiger partial charge in [0.15, 0.2) is 0 Å². The quantitative estimate of drug-likeness (QED) is 0.826. The third-order valence-electron chi connectivity index (χ3n) is 4.18. The predicted molar refractivity (Wildman–Crippen MR) is 80.8 cm³/mol. The molecule has 0 amide bonds. The molecule has 0 fully saturated rings. The van der Waals surface area contributed by atoms with Gasteiger partial charge < -0.3 is 4.57 Å². The van der Waals surface area contributed by atoms with Gasteiger partial charge >= 0.3 is 0 Å². The van der Waals surface area contributed by atoms with Crippen LogP contribution in [0.5, 0.6) is 0 Å². The fraction of sp³-hybridized carbons (Fsp3) is 0.562. The van der Waals surface area contributed by atoms with Crippen molar-refractivity contribution >= 4 is 11.0 Å². The highest BCUT2D eigenvalue weighted by atomic mass is 15.1. The van der Waals surface area contributed by atoms with E-state index in [9.17, 15) is 0 Å². The maximum Gasteiger partial charge on any atom is 0.130 e. The van der Waals surface area contributed by atoms with Crippen molar-refractivity contribution in [3.8, 4) is 0 Å². The molecule has 0 saturated heterocycles. The SMILES string of the molecule is Cc1nc2c(C(C)C)c3c(c(C(C)C)c2n1C)=NCN=3. The number of benzene rings is 1. The van der Waals surface area contributed by atoms with Gasteiger partial charge in [-0.2, -0.15) is 0 Å². The zero-order valence-corrected chi connectivity index (χ0v) is 13.2. The number of rotatable bonds is 2. The highest BCUT2D eigenvalue weighted by molar-refractivity contribution is 5.84. The Hall–Kier alpha value is -1.71. The van der Waals surface area contributed by atoms with Crippen molar-refractivity contribution in [1.82, 2.24) is 9.55 Å². The highest BCUT2D eigenvalue weighted by Gasteiger charge is 2.23. The van der Waals surface area contributed by atoms with Crippen LogP contribution in [0.25, 0.3) is 11.0 Å². The van der Waals surface area contributed by atoms with Gasteiger partial charge in [0.2, 0.25) is 0 Å². The second kappa shape index (κ2) is 4.40. The third-order valence-corrected chi connectivity index (χ3v) is 4.18. The first kappa shape index (κ1) is 13.3. The van der Waals surface area contributed by atoms with Crippen LogP contribution in [0.4, 0.5) is 0 Å². The van der Waals surface area contributed by atoms with Crippen LogP contribution in [-0.2, 0) is 7.05 Å². The van der Waals surface area contributed by atoms with Gasteiger partial charge in [0.25, 0.3) is 0 Å². The van der Waals surface area contributed by atoms with E-state index in [1.54, 1.807) is 0 Å². The Morgan fingerprint density at radius 2 is 1.50 bits per heavy atom. The van der Waals surface area contributed by atoms with Crippen LogP contribution in [0.1, 0.15) is 56.5 Å². The van der Waals surface area contributed by atoms with E-state index in [2.05, 4.69) is 56.2 Å². The normalized spacial score (nSPS) is 14.0. The number of fused-ring (bicyclic) bond motifs is 2. The third kappa shape index (κ3) is 1.63. The first-order chi connectivity index (χ1) is 9.43. The Balaban J connectivity index is 2.65. The molecule has 0 saturated carbocycles. The molecule has 0 unspecified atom stereocenters. The number of aromatic nitrogens is 2. The molecule has 0 radical (unpaired) electrons. The lowest BCUT2D eigenvalue weighted by atomic mass is 9.93. The molecule has 0 N–H and O–H groups in total. The van der Waals surface area contributed by atoms with Crippen LogP contribution < -0.4 is 10.7 Å². The minimum Gasteiger partial charge on any atom is -0.331 e. The number of imidazole rings is 1. The molecule has 4 nitrogen and oxygen atoms in total. The summed E-state index contributed by atoms with van der Waals surface area (Å²) < 4.78 is 2.20. The molecule has 4 heteroatoms. The van der Waals surface area contributed by atoms with E-state index in [1.165, 1.54) is 16.6 Å². The Morgan fingerprint density at radius 3 is 2.05 bits per heavy atom. The second-order valence-corrected chi connectivity index (χ2v) is 6.21. The number of hydrogen-bond acceptors (Lipinski definition) is 3. The Labute approximate surface area is 119 Å². The van der Waals surface area contributed by atoms with Crippen LogP contribution in [-0.4, -0.2) is 16.2 Å². The molecule has 0 bridgehead atoms. The Bertz CT molecular complexity index is 810. The monoisotopic (exact) mass is 270 g/mol. The fourth-order valence-corrected chi connectivity index (χ4v) is 3.18. The highest BCUT2D eigenvalue weighted by Crippen LogP contribution is 2.27. The van der Waals surface area contributed by atoms with E-state index in [-0.39, 0.29) is 0 Å². The molecular formula is C16H22N4. The first-order valence-electron chi connectivity index (χ1n) is 7.31. The summed E-state index contributed by atoms with van der Waals surface area (Å²) in [5.74, 6) is 1.87. The van der Waals surface area contributed by atoms with E-state index in [4.69, 9.17) is 4.98 Å². The summed E-state index contributed by atoms with van der Waals surface area (Å²) in [5.41, 5.74) is 4.90. The zero-order chi connectivity index (χ0) is 14.6. The summed E-state index contributed by atoms with van der Waals surface area (Å²) in [6.45, 7) is 11.5. The standard InChI is InChI=1S/C16H22N4/c1-8(2)11-13-14(18-7-17-13)12(9(3)4)16-15(11)19-10(5)20(16)6/h8-9H,7H2,1-6H3. The summed E-state index contributed by atoms with van der Waals surface area (Å²) in [6, 6.07) is 0. The summed E-state index contributed by atoms with van der Waals surface area (Å²) in [7, 11) is 2.10. The molecule has 1 aromatic heterocycles. The van der Waals surface area contributed by atoms with Crippen LogP contribution in [0, 0.1) is 6.92 Å². The summed E-state index contributed by atoms with van der Waals surface area (Å²) >= 11 is 0. The minimum atomic E-state index is 0.402. The summed E-state index contributed by atoms with van der Waals surface area (Å²) in [4.78, 5) is 14.1. The van der Waals surface area contributed by atoms with Gasteiger partial charge in [-0.1, -0.05) is 27.7 Å². The molecule has 0 aliphatic carbocycles. The lowest BCUT2D eigenvalue weighted by molar-refractivity contribution is 0.819. The molecule has 1 aliphatic rings. The van der Waals surface area contributed by atoms with Crippen molar-refractivity contribution < 1.29 is 0 Å². The molecular weight excluding hydrogens is 248 g/mol. The van der Waals surface area contributed by atoms with E-state index < -0.39 is 0 Å². The van der Waals surface area contributed by atoms with Gasteiger partial charge in [-0.15, -0.1) is 0 Å². The van der Waals surface area contributed by atoms with Crippen molar-refractivity contribution in [3.63, 3.8) is 0 Å². The molecule has 2 heterocycles. The summed E-state index contributed by atoms with van der Waals surface area (Å²) in [5, 5.41) is 2.17. The van der Waals surface area contributed by atoms with Crippen molar-refractivity contribution in [3.05, 3.63) is 27.7 Å². The molecule has 20 heavy (non-hydrogen) atoms. The van der Waals surface area contributed by atoms with Gasteiger partial charge in [-0.05, 0) is 18.8 Å². The van der Waals surface area contributed by atoms with Gasteiger partial charge in [0, 0.05) is 18.2 Å². The Morgan fingerprint density at radius 1 is 0.950 bits per heavy atom. The molecule has 2 aromatic rings. The molecule has 1 aliphatic heterocycles. The first-order valence-corrected chi connectivity index (χ1v) is 7.31. The van der Waals surface area contributed by atoms with Gasteiger partial charge in [0.1, 0.15) is 12.5 Å². The number of nitrogens with zero attached hydrogens (tertiary/aromatic N) is 4. The lowest BCUT2D eigenvalue weighted by Crippen LogP contribution is -2.32. The van der Waals surface area contributed by atoms with Gasteiger partial charge in [0.05, 0.1) is 21.7 Å². The average Bonchev–Trinajstić information content (AvgIpc) is 2.92. The second-order valence-electron chi connectivity index (χ2n) is 6.21. The fourth-order valence-electron chi connectivity index (χ4n) is 3.18. The molecule has 3 rings (SSSR count). The smallest absolute Gasteiger partial charge is 0.130 e. The number of hydrogen-bond donors (Lipinski definition) is 0. The predicted octanol–water partition coefficient (Wildman–Crippen LogP) is 2.34. The van der Waals surface area contributed by atoms with E-state index in [1.807, 2.05) is 0 Å². The topological polar surface area (TPSA) is 42.5 Å². The van der Waals surface area contributed by atoms with Crippen LogP contribution >= 0.6 is 0 Å². The van der Waals surface area contributed by atoms with Crippen molar-refractivity contribution in [2.75, 3.05) is 6.67 Å². The average molecular weight is 270 g/mol. The van der Waals surface area contributed by atoms with Crippen molar-refractivity contribution in [1.29, 1.82) is 0 Å². The van der Waals surface area contributed by atoms with Crippen LogP contribution in [0.15, 0.2) is 9.98 Å². The molecule has 0 spiro atoms. The van der Waals surface area contributed by atoms with E-state index >= 15 is 0 Å². The minimum absolute atomic E-state index is 0.402. The largest absolute Gasteiger partial charge is 0.331 e. The maximum atomic E-state index is 4.82. The van der Waals surface area contributed by atoms with Crippen LogP contribution in [0.3, 0.4) is 0 Å². The van der Waals surface area contributed by atoms with Crippen LogP contribution in [0.2, 0.25) is 0 Å². The lowest BCUT2D eigenvalue weighted by Gasteiger charge is -2.14. The Kier molecular flexibility index (Phi) is 2.92. The summed E-state index contributed by atoms with van der Waals surface area (Å²) in [6.07, 6.45) is 0. The number of aryl methyl sites for hydroxylation is 2. The van der Waals surface area contributed by atoms with Gasteiger partial charge in [-0.3, -0.25) is 9.98 Å². The van der Waals surface area contributed by atoms with Crippen molar-refractivity contribution in [2.45, 2.75) is 46.5 Å². The molecule has 1 aromatic carbocycles. The van der Waals surface area contributed by atoms with Crippen molar-refractivity contribution in [2.24, 2.45) is 17.0 Å². The molecule has 0 atom stereocenters.